The minimum Gasteiger partial charge on any atom is -0.496 e. The Morgan fingerprint density at radius 2 is 2.16 bits per heavy atom. The first kappa shape index (κ1) is 13.4. The molecular formula is C13H14N2O3S. The summed E-state index contributed by atoms with van der Waals surface area (Å²) >= 11 is 1.32. The average molecular weight is 278 g/mol. The van der Waals surface area contributed by atoms with Crippen molar-refractivity contribution in [3.05, 3.63) is 34.3 Å². The molecule has 0 aliphatic rings. The molecule has 5 nitrogen and oxygen atoms in total. The fourth-order valence-corrected chi connectivity index (χ4v) is 2.55. The lowest BCUT2D eigenvalue weighted by Gasteiger charge is -2.07. The molecular weight excluding hydrogens is 264 g/mol. The lowest BCUT2D eigenvalue weighted by molar-refractivity contribution is 0.0690. The second-order valence-corrected chi connectivity index (χ2v) is 5.24. The molecule has 0 spiro atoms. The van der Waals surface area contributed by atoms with E-state index in [0.29, 0.717) is 10.0 Å². The summed E-state index contributed by atoms with van der Waals surface area (Å²) in [6.07, 6.45) is 0. The van der Waals surface area contributed by atoms with Crippen molar-refractivity contribution in [2.24, 2.45) is 0 Å². The van der Waals surface area contributed by atoms with Crippen molar-refractivity contribution in [1.29, 1.82) is 0 Å². The molecule has 0 aliphatic heterocycles. The number of carboxylic acid groups (broad SMARTS) is 1. The van der Waals surface area contributed by atoms with Gasteiger partial charge in [0.1, 0.15) is 5.75 Å². The Hall–Kier alpha value is -2.08. The van der Waals surface area contributed by atoms with Crippen LogP contribution in [-0.2, 0) is 0 Å². The fourth-order valence-electron chi connectivity index (χ4n) is 1.73. The van der Waals surface area contributed by atoms with Crippen LogP contribution in [0.4, 0.5) is 10.8 Å². The molecule has 2 N–H and O–H groups in total. The highest BCUT2D eigenvalue weighted by Gasteiger charge is 2.14. The molecule has 6 heteroatoms. The van der Waals surface area contributed by atoms with Gasteiger partial charge in [0.2, 0.25) is 0 Å². The van der Waals surface area contributed by atoms with Crippen molar-refractivity contribution in [1.82, 2.24) is 4.98 Å². The molecule has 0 saturated carbocycles. The largest absolute Gasteiger partial charge is 0.496 e. The normalized spacial score (nSPS) is 10.3. The van der Waals surface area contributed by atoms with Crippen molar-refractivity contribution in [2.45, 2.75) is 13.8 Å². The highest BCUT2D eigenvalue weighted by atomic mass is 32.1. The van der Waals surface area contributed by atoms with Crippen molar-refractivity contribution >= 4 is 28.1 Å². The zero-order chi connectivity index (χ0) is 14.0. The van der Waals surface area contributed by atoms with Gasteiger partial charge in [-0.15, -0.1) is 11.3 Å². The quantitative estimate of drug-likeness (QED) is 0.898. The maximum absolute atomic E-state index is 10.9. The number of rotatable bonds is 4. The average Bonchev–Trinajstić information content (AvgIpc) is 2.70. The molecule has 2 rings (SSSR count). The minimum atomic E-state index is -1.01. The van der Waals surface area contributed by atoms with Crippen molar-refractivity contribution in [2.75, 3.05) is 12.4 Å². The number of ether oxygens (including phenoxy) is 1. The van der Waals surface area contributed by atoms with Gasteiger partial charge >= 0.3 is 5.97 Å². The number of benzene rings is 1. The molecule has 1 heterocycles. The van der Waals surface area contributed by atoms with Crippen molar-refractivity contribution in [3.8, 4) is 5.75 Å². The first-order valence-electron chi connectivity index (χ1n) is 5.63. The highest BCUT2D eigenvalue weighted by Crippen LogP contribution is 2.28. The Bertz CT molecular complexity index is 622. The van der Waals surface area contributed by atoms with E-state index in [4.69, 9.17) is 9.84 Å². The molecule has 100 valence electrons. The summed E-state index contributed by atoms with van der Waals surface area (Å²) in [5.74, 6) is -0.195. The van der Waals surface area contributed by atoms with Crippen LogP contribution >= 0.6 is 11.3 Å². The van der Waals surface area contributed by atoms with E-state index < -0.39 is 5.97 Å². The summed E-state index contributed by atoms with van der Waals surface area (Å²) in [7, 11) is 1.62. The molecule has 1 aromatic heterocycles. The number of carboxylic acids is 1. The van der Waals surface area contributed by atoms with Crippen LogP contribution < -0.4 is 10.1 Å². The number of aromatic carboxylic acids is 1. The van der Waals surface area contributed by atoms with Gasteiger partial charge in [0, 0.05) is 10.6 Å². The Morgan fingerprint density at radius 1 is 1.42 bits per heavy atom. The van der Waals surface area contributed by atoms with Crippen LogP contribution in [0.15, 0.2) is 18.2 Å². The van der Waals surface area contributed by atoms with Crippen LogP contribution in [0.3, 0.4) is 0 Å². The van der Waals surface area contributed by atoms with Gasteiger partial charge in [-0.25, -0.2) is 9.78 Å². The number of carbonyl (C=O) groups is 1. The summed E-state index contributed by atoms with van der Waals surface area (Å²) in [5.41, 5.74) is 1.95. The molecule has 19 heavy (non-hydrogen) atoms. The Balaban J connectivity index is 2.24. The van der Waals surface area contributed by atoms with Gasteiger partial charge in [-0.1, -0.05) is 0 Å². The standard InChI is InChI=1S/C13H14N2O3S/c1-7-6-9(4-5-10(7)18-3)14-13-15-11(12(16)17)8(2)19-13/h4-6H,1-3H3,(H,14,15)(H,16,17). The summed E-state index contributed by atoms with van der Waals surface area (Å²) in [6, 6.07) is 5.65. The molecule has 0 saturated heterocycles. The summed E-state index contributed by atoms with van der Waals surface area (Å²) in [6.45, 7) is 3.69. The summed E-state index contributed by atoms with van der Waals surface area (Å²) < 4.78 is 5.19. The van der Waals surface area contributed by atoms with E-state index in [0.717, 1.165) is 17.0 Å². The van der Waals surface area contributed by atoms with E-state index in [9.17, 15) is 4.79 Å². The number of aryl methyl sites for hydroxylation is 2. The van der Waals surface area contributed by atoms with Gasteiger partial charge in [0.25, 0.3) is 0 Å². The van der Waals surface area contributed by atoms with E-state index >= 15 is 0 Å². The molecule has 0 radical (unpaired) electrons. The predicted octanol–water partition coefficient (Wildman–Crippen LogP) is 3.21. The zero-order valence-corrected chi connectivity index (χ0v) is 11.7. The van der Waals surface area contributed by atoms with Crippen LogP contribution in [0.1, 0.15) is 20.9 Å². The maximum Gasteiger partial charge on any atom is 0.355 e. The highest BCUT2D eigenvalue weighted by molar-refractivity contribution is 7.15. The number of nitrogens with one attached hydrogen (secondary N) is 1. The van der Waals surface area contributed by atoms with Crippen molar-refractivity contribution in [3.63, 3.8) is 0 Å². The van der Waals surface area contributed by atoms with Crippen LogP contribution in [0.25, 0.3) is 0 Å². The van der Waals surface area contributed by atoms with E-state index in [1.54, 1.807) is 14.0 Å². The number of hydrogen-bond acceptors (Lipinski definition) is 5. The third-order valence-corrected chi connectivity index (χ3v) is 3.53. The van der Waals surface area contributed by atoms with Gasteiger partial charge in [-0.2, -0.15) is 0 Å². The monoisotopic (exact) mass is 278 g/mol. The molecule has 0 unspecified atom stereocenters. The predicted molar refractivity (Wildman–Crippen MR) is 74.8 cm³/mol. The van der Waals surface area contributed by atoms with E-state index in [2.05, 4.69) is 10.3 Å². The number of methoxy groups -OCH3 is 1. The Morgan fingerprint density at radius 3 is 2.68 bits per heavy atom. The second kappa shape index (κ2) is 5.27. The van der Waals surface area contributed by atoms with Gasteiger partial charge in [0.05, 0.1) is 7.11 Å². The Labute approximate surface area is 114 Å². The SMILES string of the molecule is COc1ccc(Nc2nc(C(=O)O)c(C)s2)cc1C. The Kier molecular flexibility index (Phi) is 3.71. The lowest BCUT2D eigenvalue weighted by Crippen LogP contribution is -1.99. The number of hydrogen-bond donors (Lipinski definition) is 2. The molecule has 0 fully saturated rings. The molecule has 0 amide bonds. The molecule has 0 bridgehead atoms. The van der Waals surface area contributed by atoms with Crippen LogP contribution in [0, 0.1) is 13.8 Å². The van der Waals surface area contributed by atoms with Crippen LogP contribution in [0.5, 0.6) is 5.75 Å². The molecule has 0 aliphatic carbocycles. The lowest BCUT2D eigenvalue weighted by atomic mass is 10.2. The fraction of sp³-hybridized carbons (Fsp3) is 0.231. The van der Waals surface area contributed by atoms with Crippen LogP contribution in [0.2, 0.25) is 0 Å². The first-order chi connectivity index (χ1) is 9.01. The van der Waals surface area contributed by atoms with Gasteiger partial charge in [0.15, 0.2) is 10.8 Å². The number of nitrogens with zero attached hydrogens (tertiary/aromatic N) is 1. The minimum absolute atomic E-state index is 0.0951. The van der Waals surface area contributed by atoms with Gasteiger partial charge in [-0.3, -0.25) is 0 Å². The molecule has 1 aromatic carbocycles. The molecule has 2 aromatic rings. The van der Waals surface area contributed by atoms with Gasteiger partial charge < -0.3 is 15.2 Å². The van der Waals surface area contributed by atoms with E-state index in [1.807, 2.05) is 25.1 Å². The van der Waals surface area contributed by atoms with E-state index in [1.165, 1.54) is 11.3 Å². The summed E-state index contributed by atoms with van der Waals surface area (Å²) in [4.78, 5) is 15.7. The number of aromatic nitrogens is 1. The maximum atomic E-state index is 10.9. The van der Waals surface area contributed by atoms with Crippen LogP contribution in [-0.4, -0.2) is 23.2 Å². The third kappa shape index (κ3) is 2.85. The second-order valence-electron chi connectivity index (χ2n) is 4.04. The number of anilines is 2. The first-order valence-corrected chi connectivity index (χ1v) is 6.45. The van der Waals surface area contributed by atoms with E-state index in [-0.39, 0.29) is 5.69 Å². The third-order valence-electron chi connectivity index (χ3n) is 2.65. The molecule has 0 atom stereocenters. The van der Waals surface area contributed by atoms with Crippen molar-refractivity contribution < 1.29 is 14.6 Å². The zero-order valence-electron chi connectivity index (χ0n) is 10.9. The topological polar surface area (TPSA) is 71.5 Å². The number of thiazole rings is 1. The van der Waals surface area contributed by atoms with Gasteiger partial charge in [-0.05, 0) is 37.6 Å². The summed E-state index contributed by atoms with van der Waals surface area (Å²) in [5, 5.41) is 12.6. The smallest absolute Gasteiger partial charge is 0.355 e.